The number of nitrogens with one attached hydrogen (secondary N) is 2. The van der Waals surface area contributed by atoms with Crippen LogP contribution in [0.1, 0.15) is 24.2 Å². The smallest absolute Gasteiger partial charge is 0.412 e. The molecule has 8 nitrogen and oxygen atoms in total. The number of carbonyl (C=O) groups excluding carboxylic acids is 2. The summed E-state index contributed by atoms with van der Waals surface area (Å²) < 4.78 is 11.2. The molecule has 3 aromatic carbocycles. The Hall–Kier alpha value is -4.30. The van der Waals surface area contributed by atoms with Crippen LogP contribution >= 0.6 is 0 Å². The number of benzene rings is 3. The van der Waals surface area contributed by atoms with E-state index in [1.54, 1.807) is 66.7 Å². The number of anilines is 3. The summed E-state index contributed by atoms with van der Waals surface area (Å²) >= 11 is 0. The summed E-state index contributed by atoms with van der Waals surface area (Å²) in [6, 6.07) is 21.4. The largest absolute Gasteiger partial charge is 0.491 e. The zero-order valence-electron chi connectivity index (χ0n) is 20.3. The van der Waals surface area contributed by atoms with Gasteiger partial charge in [0.15, 0.2) is 0 Å². The summed E-state index contributed by atoms with van der Waals surface area (Å²) in [7, 11) is 0. The van der Waals surface area contributed by atoms with Gasteiger partial charge in [0, 0.05) is 11.6 Å². The lowest BCUT2D eigenvalue weighted by Crippen LogP contribution is -2.21. The van der Waals surface area contributed by atoms with Gasteiger partial charge in [-0.25, -0.2) is 4.79 Å². The number of para-hydroxylation sites is 2. The highest BCUT2D eigenvalue weighted by Gasteiger charge is 2.23. The number of ether oxygens (including phenoxy) is 2. The van der Waals surface area contributed by atoms with Crippen molar-refractivity contribution in [3.8, 4) is 5.75 Å². The van der Waals surface area contributed by atoms with E-state index < -0.39 is 12.2 Å². The van der Waals surface area contributed by atoms with Gasteiger partial charge in [-0.3, -0.25) is 10.1 Å². The third kappa shape index (κ3) is 7.89. The van der Waals surface area contributed by atoms with Crippen LogP contribution < -0.4 is 21.1 Å². The van der Waals surface area contributed by atoms with Crippen LogP contribution in [0.15, 0.2) is 84.9 Å². The van der Waals surface area contributed by atoms with Gasteiger partial charge in [-0.15, -0.1) is 0 Å². The second kappa shape index (κ2) is 13.0. The number of aliphatic hydroxyl groups is 1. The van der Waals surface area contributed by atoms with E-state index in [1.165, 1.54) is 6.08 Å². The Labute approximate surface area is 210 Å². The zero-order chi connectivity index (χ0) is 25.9. The maximum atomic E-state index is 12.7. The van der Waals surface area contributed by atoms with Crippen molar-refractivity contribution in [2.45, 2.75) is 20.0 Å². The van der Waals surface area contributed by atoms with E-state index in [9.17, 15) is 9.59 Å². The first-order chi connectivity index (χ1) is 17.4. The molecule has 2 atom stereocenters. The van der Waals surface area contributed by atoms with Crippen molar-refractivity contribution < 1.29 is 24.2 Å². The van der Waals surface area contributed by atoms with Gasteiger partial charge >= 0.3 is 6.09 Å². The first kappa shape index (κ1) is 26.3. The lowest BCUT2D eigenvalue weighted by Gasteiger charge is -2.23. The number of hydrogen-bond donors (Lipinski definition) is 4. The molecule has 2 amide bonds. The van der Waals surface area contributed by atoms with Crippen molar-refractivity contribution in [3.05, 3.63) is 96.1 Å². The molecule has 0 unspecified atom stereocenters. The molecule has 0 aliphatic carbocycles. The van der Waals surface area contributed by atoms with Crippen molar-refractivity contribution in [1.82, 2.24) is 0 Å². The zero-order valence-corrected chi connectivity index (χ0v) is 20.3. The van der Waals surface area contributed by atoms with E-state index >= 15 is 0 Å². The second-order valence-electron chi connectivity index (χ2n) is 8.25. The minimum atomic E-state index is -0.687. The van der Waals surface area contributed by atoms with Crippen LogP contribution in [0.5, 0.6) is 5.75 Å². The third-order valence-electron chi connectivity index (χ3n) is 5.35. The molecule has 3 rings (SSSR count). The second-order valence-corrected chi connectivity index (χ2v) is 8.25. The fourth-order valence-electron chi connectivity index (χ4n) is 3.42. The highest BCUT2D eigenvalue weighted by Crippen LogP contribution is 2.29. The van der Waals surface area contributed by atoms with Crippen LogP contribution in [0.4, 0.5) is 21.9 Å². The number of amides is 2. The molecular weight excluding hydrogens is 458 g/mol. The summed E-state index contributed by atoms with van der Waals surface area (Å²) in [4.78, 5) is 25.2. The Balaban J connectivity index is 1.74. The molecule has 0 aliphatic heterocycles. The number of aliphatic hydroxyl groups excluding tert-OH is 1. The Kier molecular flexibility index (Phi) is 9.48. The normalized spacial score (nSPS) is 12.5. The van der Waals surface area contributed by atoms with Crippen LogP contribution in [0, 0.1) is 12.8 Å². The number of nitrogen functional groups attached to an aromatic ring is 1. The molecule has 0 heterocycles. The summed E-state index contributed by atoms with van der Waals surface area (Å²) in [5.74, 6) is -0.120. The highest BCUT2D eigenvalue weighted by molar-refractivity contribution is 6.01. The number of carbonyl (C=O) groups is 2. The van der Waals surface area contributed by atoms with Crippen molar-refractivity contribution in [3.63, 3.8) is 0 Å². The SMILES string of the molecule is Cc1ccc(NC(=O)O[C@H](c2ccc(OCCO)cc2)[C@@H](C)/C=C/C(=O)Nc2ccccc2N)cc1. The van der Waals surface area contributed by atoms with Crippen LogP contribution in [0.3, 0.4) is 0 Å². The Morgan fingerprint density at radius 2 is 1.69 bits per heavy atom. The van der Waals surface area contributed by atoms with Gasteiger partial charge in [0.1, 0.15) is 18.5 Å². The monoisotopic (exact) mass is 489 g/mol. The molecule has 0 aromatic heterocycles. The average molecular weight is 490 g/mol. The average Bonchev–Trinajstić information content (AvgIpc) is 2.88. The standard InChI is InChI=1S/C28H31N3O5/c1-19-7-12-22(13-8-19)30-28(34)36-27(21-10-14-23(15-11-21)35-18-17-32)20(2)9-16-26(33)31-25-6-4-3-5-24(25)29/h3-16,20,27,32H,17-18,29H2,1-2H3,(H,30,34)(H,31,33)/b16-9+/t20-,27-/m0/s1. The Morgan fingerprint density at radius 3 is 2.36 bits per heavy atom. The highest BCUT2D eigenvalue weighted by atomic mass is 16.6. The van der Waals surface area contributed by atoms with E-state index in [4.69, 9.17) is 20.3 Å². The number of hydrogen-bond acceptors (Lipinski definition) is 6. The van der Waals surface area contributed by atoms with Gasteiger partial charge in [-0.2, -0.15) is 0 Å². The van der Waals surface area contributed by atoms with Crippen LogP contribution in [0.2, 0.25) is 0 Å². The molecule has 0 spiro atoms. The van der Waals surface area contributed by atoms with Gasteiger partial charge in [0.05, 0.1) is 18.0 Å². The molecule has 5 N–H and O–H groups in total. The first-order valence-corrected chi connectivity index (χ1v) is 11.6. The van der Waals surface area contributed by atoms with Gasteiger partial charge in [-0.1, -0.05) is 55.0 Å². The quantitative estimate of drug-likeness (QED) is 0.233. The number of nitrogens with two attached hydrogens (primary N) is 1. The Morgan fingerprint density at radius 1 is 1.00 bits per heavy atom. The van der Waals surface area contributed by atoms with Crippen LogP contribution in [0.25, 0.3) is 0 Å². The molecule has 0 saturated heterocycles. The van der Waals surface area contributed by atoms with E-state index in [0.29, 0.717) is 22.8 Å². The molecule has 188 valence electrons. The van der Waals surface area contributed by atoms with E-state index in [0.717, 1.165) is 11.1 Å². The summed E-state index contributed by atoms with van der Waals surface area (Å²) in [5, 5.41) is 14.4. The van der Waals surface area contributed by atoms with Crippen molar-refractivity contribution in [1.29, 1.82) is 0 Å². The minimum absolute atomic E-state index is 0.0921. The first-order valence-electron chi connectivity index (χ1n) is 11.6. The fraction of sp³-hybridized carbons (Fsp3) is 0.214. The van der Waals surface area contributed by atoms with E-state index in [-0.39, 0.29) is 25.0 Å². The van der Waals surface area contributed by atoms with E-state index in [1.807, 2.05) is 26.0 Å². The molecule has 0 saturated carbocycles. The number of aryl methyl sites for hydroxylation is 1. The molecular formula is C28H31N3O5. The van der Waals surface area contributed by atoms with Crippen molar-refractivity contribution >= 4 is 29.1 Å². The van der Waals surface area contributed by atoms with Crippen LogP contribution in [-0.2, 0) is 9.53 Å². The predicted octanol–water partition coefficient (Wildman–Crippen LogP) is 5.07. The van der Waals surface area contributed by atoms with Gasteiger partial charge < -0.3 is 25.6 Å². The van der Waals surface area contributed by atoms with Gasteiger partial charge in [0.2, 0.25) is 5.91 Å². The fourth-order valence-corrected chi connectivity index (χ4v) is 3.42. The molecule has 3 aromatic rings. The maximum Gasteiger partial charge on any atom is 0.412 e. The predicted molar refractivity (Wildman–Crippen MR) is 141 cm³/mol. The number of rotatable bonds is 10. The molecule has 0 radical (unpaired) electrons. The lowest BCUT2D eigenvalue weighted by atomic mass is 9.96. The Bertz CT molecular complexity index is 1180. The summed E-state index contributed by atoms with van der Waals surface area (Å²) in [6.07, 6.45) is 1.76. The van der Waals surface area contributed by atoms with Crippen molar-refractivity contribution in [2.75, 3.05) is 29.6 Å². The third-order valence-corrected chi connectivity index (χ3v) is 5.35. The minimum Gasteiger partial charge on any atom is -0.491 e. The lowest BCUT2D eigenvalue weighted by molar-refractivity contribution is -0.111. The molecule has 0 aliphatic rings. The van der Waals surface area contributed by atoms with Gasteiger partial charge in [0.25, 0.3) is 0 Å². The molecule has 0 bridgehead atoms. The molecule has 0 fully saturated rings. The molecule has 36 heavy (non-hydrogen) atoms. The van der Waals surface area contributed by atoms with Crippen molar-refractivity contribution in [2.24, 2.45) is 5.92 Å². The molecule has 8 heteroatoms. The summed E-state index contributed by atoms with van der Waals surface area (Å²) in [5.41, 5.74) is 9.27. The summed E-state index contributed by atoms with van der Waals surface area (Å²) in [6.45, 7) is 3.90. The maximum absolute atomic E-state index is 12.7. The topological polar surface area (TPSA) is 123 Å². The van der Waals surface area contributed by atoms with E-state index in [2.05, 4.69) is 10.6 Å². The van der Waals surface area contributed by atoms with Gasteiger partial charge in [-0.05, 0) is 55.0 Å². The van der Waals surface area contributed by atoms with Crippen LogP contribution in [-0.4, -0.2) is 30.3 Å².